The molecule has 0 atom stereocenters. The van der Waals surface area contributed by atoms with Gasteiger partial charge in [-0.25, -0.2) is 4.98 Å². The van der Waals surface area contributed by atoms with Gasteiger partial charge in [-0.3, -0.25) is 9.89 Å². The van der Waals surface area contributed by atoms with E-state index in [0.717, 1.165) is 29.9 Å². The monoisotopic (exact) mass is 337 g/mol. The summed E-state index contributed by atoms with van der Waals surface area (Å²) in [5.74, 6) is -0.0634. The average molecular weight is 337 g/mol. The minimum atomic E-state index is -0.0634. The van der Waals surface area contributed by atoms with Gasteiger partial charge in [0, 0.05) is 18.9 Å². The smallest absolute Gasteiger partial charge is 0.274 e. The summed E-state index contributed by atoms with van der Waals surface area (Å²) >= 11 is 0. The molecule has 0 unspecified atom stereocenters. The molecule has 0 fully saturated rings. The summed E-state index contributed by atoms with van der Waals surface area (Å²) in [6, 6.07) is 5.79. The first-order valence-corrected chi connectivity index (χ1v) is 8.89. The SMILES string of the molecule is Cc1c(C(=O)N(C)Cc2n[nH]c3c2CCCCC3)nc2ccccn12. The number of H-pyrrole nitrogens is 1. The third-order valence-corrected chi connectivity index (χ3v) is 5.10. The van der Waals surface area contributed by atoms with Crippen molar-refractivity contribution in [1.82, 2.24) is 24.5 Å². The molecule has 6 nitrogen and oxygen atoms in total. The Bertz CT molecular complexity index is 923. The molecule has 0 saturated heterocycles. The molecular weight excluding hydrogens is 314 g/mol. The summed E-state index contributed by atoms with van der Waals surface area (Å²) in [5, 5.41) is 7.65. The Labute approximate surface area is 146 Å². The Morgan fingerprint density at radius 3 is 2.96 bits per heavy atom. The number of nitrogens with one attached hydrogen (secondary N) is 1. The predicted octanol–water partition coefficient (Wildman–Crippen LogP) is 2.91. The predicted molar refractivity (Wildman–Crippen MR) is 95.6 cm³/mol. The number of amides is 1. The third kappa shape index (κ3) is 2.81. The van der Waals surface area contributed by atoms with Gasteiger partial charge in [-0.05, 0) is 50.3 Å². The number of imidazole rings is 1. The highest BCUT2D eigenvalue weighted by molar-refractivity contribution is 5.94. The van der Waals surface area contributed by atoms with E-state index in [0.29, 0.717) is 12.2 Å². The topological polar surface area (TPSA) is 66.3 Å². The summed E-state index contributed by atoms with van der Waals surface area (Å²) < 4.78 is 1.95. The number of hydrogen-bond acceptors (Lipinski definition) is 3. The minimum Gasteiger partial charge on any atom is -0.334 e. The zero-order chi connectivity index (χ0) is 17.4. The van der Waals surface area contributed by atoms with Crippen LogP contribution < -0.4 is 0 Å². The van der Waals surface area contributed by atoms with Gasteiger partial charge in [0.05, 0.1) is 17.9 Å². The van der Waals surface area contributed by atoms with E-state index in [4.69, 9.17) is 0 Å². The average Bonchev–Trinajstić information content (AvgIpc) is 3.06. The van der Waals surface area contributed by atoms with Gasteiger partial charge in [-0.2, -0.15) is 5.10 Å². The highest BCUT2D eigenvalue weighted by atomic mass is 16.2. The van der Waals surface area contributed by atoms with Gasteiger partial charge < -0.3 is 9.30 Å². The number of aromatic nitrogens is 4. The van der Waals surface area contributed by atoms with Crippen LogP contribution in [0, 0.1) is 6.92 Å². The molecule has 0 aliphatic heterocycles. The molecular formula is C19H23N5O. The third-order valence-electron chi connectivity index (χ3n) is 5.10. The van der Waals surface area contributed by atoms with E-state index in [1.54, 1.807) is 4.90 Å². The molecule has 3 aromatic rings. The fourth-order valence-electron chi connectivity index (χ4n) is 3.66. The molecule has 1 N–H and O–H groups in total. The number of carbonyl (C=O) groups is 1. The number of aromatic amines is 1. The van der Waals surface area contributed by atoms with E-state index in [1.807, 2.05) is 42.8 Å². The Kier molecular flexibility index (Phi) is 4.03. The van der Waals surface area contributed by atoms with Crippen molar-refractivity contribution >= 4 is 11.6 Å². The second kappa shape index (κ2) is 6.35. The highest BCUT2D eigenvalue weighted by Gasteiger charge is 2.22. The summed E-state index contributed by atoms with van der Waals surface area (Å²) in [6.45, 7) is 2.44. The van der Waals surface area contributed by atoms with Gasteiger partial charge in [-0.15, -0.1) is 0 Å². The quantitative estimate of drug-likeness (QED) is 0.747. The lowest BCUT2D eigenvalue weighted by Crippen LogP contribution is -2.27. The maximum absolute atomic E-state index is 12.9. The second-order valence-electron chi connectivity index (χ2n) is 6.82. The van der Waals surface area contributed by atoms with Gasteiger partial charge in [0.15, 0.2) is 0 Å². The lowest BCUT2D eigenvalue weighted by molar-refractivity contribution is 0.0777. The minimum absolute atomic E-state index is 0.0634. The van der Waals surface area contributed by atoms with Crippen LogP contribution in [-0.2, 0) is 19.4 Å². The van der Waals surface area contributed by atoms with Crippen LogP contribution in [0.15, 0.2) is 24.4 Å². The Hall–Kier alpha value is -2.63. The van der Waals surface area contributed by atoms with E-state index in [-0.39, 0.29) is 5.91 Å². The molecule has 6 heteroatoms. The number of pyridine rings is 1. The van der Waals surface area contributed by atoms with Crippen LogP contribution in [0.5, 0.6) is 0 Å². The van der Waals surface area contributed by atoms with Crippen molar-refractivity contribution in [3.8, 4) is 0 Å². The largest absolute Gasteiger partial charge is 0.334 e. The lowest BCUT2D eigenvalue weighted by atomic mass is 10.1. The molecule has 1 aliphatic carbocycles. The van der Waals surface area contributed by atoms with Crippen LogP contribution in [0.1, 0.15) is 52.4 Å². The molecule has 0 radical (unpaired) electrons. The lowest BCUT2D eigenvalue weighted by Gasteiger charge is -2.16. The molecule has 0 spiro atoms. The van der Waals surface area contributed by atoms with Crippen LogP contribution in [-0.4, -0.2) is 37.4 Å². The molecule has 25 heavy (non-hydrogen) atoms. The zero-order valence-electron chi connectivity index (χ0n) is 14.7. The van der Waals surface area contributed by atoms with Crippen LogP contribution in [0.25, 0.3) is 5.65 Å². The first kappa shape index (κ1) is 15.9. The molecule has 1 amide bonds. The van der Waals surface area contributed by atoms with Crippen molar-refractivity contribution in [2.24, 2.45) is 0 Å². The van der Waals surface area contributed by atoms with E-state index in [9.17, 15) is 4.79 Å². The summed E-state index contributed by atoms with van der Waals surface area (Å²) in [6.07, 6.45) is 7.72. The van der Waals surface area contributed by atoms with Crippen LogP contribution >= 0.6 is 0 Å². The molecule has 0 saturated carbocycles. The Morgan fingerprint density at radius 1 is 1.28 bits per heavy atom. The molecule has 3 heterocycles. The maximum Gasteiger partial charge on any atom is 0.274 e. The van der Waals surface area contributed by atoms with E-state index < -0.39 is 0 Å². The normalized spacial score (nSPS) is 14.3. The Morgan fingerprint density at radius 2 is 2.12 bits per heavy atom. The molecule has 4 rings (SSSR count). The fourth-order valence-corrected chi connectivity index (χ4v) is 3.66. The van der Waals surface area contributed by atoms with E-state index in [1.165, 1.54) is 30.5 Å². The number of fused-ring (bicyclic) bond motifs is 2. The van der Waals surface area contributed by atoms with Crippen LogP contribution in [0.2, 0.25) is 0 Å². The molecule has 0 aromatic carbocycles. The zero-order valence-corrected chi connectivity index (χ0v) is 14.7. The van der Waals surface area contributed by atoms with Gasteiger partial charge in [-0.1, -0.05) is 12.5 Å². The van der Waals surface area contributed by atoms with Crippen LogP contribution in [0.3, 0.4) is 0 Å². The van der Waals surface area contributed by atoms with Gasteiger partial charge in [0.25, 0.3) is 5.91 Å². The first-order chi connectivity index (χ1) is 12.1. The maximum atomic E-state index is 12.9. The number of rotatable bonds is 3. The molecule has 3 aromatic heterocycles. The Balaban J connectivity index is 1.58. The number of carbonyl (C=O) groups excluding carboxylic acids is 1. The van der Waals surface area contributed by atoms with Crippen molar-refractivity contribution in [2.45, 2.75) is 45.6 Å². The summed E-state index contributed by atoms with van der Waals surface area (Å²) in [4.78, 5) is 19.1. The van der Waals surface area contributed by atoms with Gasteiger partial charge in [0.2, 0.25) is 0 Å². The second-order valence-corrected chi connectivity index (χ2v) is 6.82. The highest BCUT2D eigenvalue weighted by Crippen LogP contribution is 2.23. The summed E-state index contributed by atoms with van der Waals surface area (Å²) in [7, 11) is 1.82. The van der Waals surface area contributed by atoms with Crippen molar-refractivity contribution in [3.63, 3.8) is 0 Å². The number of hydrogen-bond donors (Lipinski definition) is 1. The molecule has 1 aliphatic rings. The van der Waals surface area contributed by atoms with Crippen molar-refractivity contribution in [2.75, 3.05) is 7.05 Å². The fraction of sp³-hybridized carbons (Fsp3) is 0.421. The number of aryl methyl sites for hydroxylation is 2. The van der Waals surface area contributed by atoms with Crippen LogP contribution in [0.4, 0.5) is 0 Å². The van der Waals surface area contributed by atoms with E-state index >= 15 is 0 Å². The van der Waals surface area contributed by atoms with Crippen molar-refractivity contribution in [3.05, 3.63) is 52.7 Å². The van der Waals surface area contributed by atoms with Crippen molar-refractivity contribution in [1.29, 1.82) is 0 Å². The molecule has 130 valence electrons. The summed E-state index contributed by atoms with van der Waals surface area (Å²) in [5.41, 5.74) is 5.73. The first-order valence-electron chi connectivity index (χ1n) is 8.89. The van der Waals surface area contributed by atoms with Gasteiger partial charge >= 0.3 is 0 Å². The van der Waals surface area contributed by atoms with Crippen molar-refractivity contribution < 1.29 is 4.79 Å². The standard InChI is InChI=1S/C19H23N5O/c1-13-18(20-17-10-6-7-11-24(13)17)19(25)23(2)12-16-14-8-4-3-5-9-15(14)21-22-16/h6-7,10-11H,3-5,8-9,12H2,1-2H3,(H,21,22). The number of nitrogens with zero attached hydrogens (tertiary/aromatic N) is 4. The van der Waals surface area contributed by atoms with Gasteiger partial charge in [0.1, 0.15) is 11.3 Å². The molecule has 0 bridgehead atoms. The van der Waals surface area contributed by atoms with E-state index in [2.05, 4.69) is 15.2 Å².